The molecule has 0 aliphatic heterocycles. The minimum atomic E-state index is 0.352. The topological polar surface area (TPSA) is 17.1 Å². The summed E-state index contributed by atoms with van der Waals surface area (Å²) >= 11 is 0. The Labute approximate surface area is 122 Å². The molecule has 2 saturated carbocycles. The maximum Gasteiger partial charge on any atom is 0.123 e. The van der Waals surface area contributed by atoms with Crippen LogP contribution in [-0.4, -0.2) is 6.29 Å². The van der Waals surface area contributed by atoms with Gasteiger partial charge in [0, 0.05) is 5.92 Å². The van der Waals surface area contributed by atoms with Crippen molar-refractivity contribution in [2.24, 2.45) is 29.1 Å². The van der Waals surface area contributed by atoms with E-state index in [1.54, 1.807) is 11.1 Å². The third kappa shape index (κ3) is 1.78. The molecule has 4 aliphatic rings. The summed E-state index contributed by atoms with van der Waals surface area (Å²) in [4.78, 5) is 11.3. The number of allylic oxidation sites excluding steroid dienone is 4. The number of hydrogen-bond donors (Lipinski definition) is 0. The van der Waals surface area contributed by atoms with Crippen LogP contribution in [0.15, 0.2) is 23.3 Å². The van der Waals surface area contributed by atoms with Gasteiger partial charge in [-0.25, -0.2) is 0 Å². The van der Waals surface area contributed by atoms with Gasteiger partial charge in [0.15, 0.2) is 0 Å². The highest BCUT2D eigenvalue weighted by Crippen LogP contribution is 2.61. The van der Waals surface area contributed by atoms with Crippen LogP contribution in [0.25, 0.3) is 0 Å². The second kappa shape index (κ2) is 4.58. The maximum absolute atomic E-state index is 11.3. The molecule has 2 fully saturated rings. The molecule has 4 rings (SSSR count). The van der Waals surface area contributed by atoms with Gasteiger partial charge >= 0.3 is 0 Å². The highest BCUT2D eigenvalue weighted by Gasteiger charge is 2.53. The maximum atomic E-state index is 11.3. The fraction of sp³-hybridized carbons (Fsp3) is 0.737. The summed E-state index contributed by atoms with van der Waals surface area (Å²) in [6, 6.07) is 0. The molecule has 0 bridgehead atoms. The van der Waals surface area contributed by atoms with Gasteiger partial charge in [-0.3, -0.25) is 0 Å². The number of aldehydes is 1. The molecule has 0 aromatic carbocycles. The van der Waals surface area contributed by atoms with E-state index in [9.17, 15) is 4.79 Å². The molecular weight excluding hydrogens is 244 g/mol. The van der Waals surface area contributed by atoms with Gasteiger partial charge in [-0.1, -0.05) is 30.2 Å². The zero-order valence-electron chi connectivity index (χ0n) is 12.6. The predicted octanol–water partition coefficient (Wildman–Crippen LogP) is 4.68. The lowest BCUT2D eigenvalue weighted by Crippen LogP contribution is -2.41. The fourth-order valence-electron chi connectivity index (χ4n) is 6.07. The van der Waals surface area contributed by atoms with E-state index in [1.165, 1.54) is 51.2 Å². The molecule has 0 heterocycles. The van der Waals surface area contributed by atoms with Crippen molar-refractivity contribution < 1.29 is 4.79 Å². The number of carbonyl (C=O) groups is 1. The van der Waals surface area contributed by atoms with Gasteiger partial charge in [-0.2, -0.15) is 0 Å². The van der Waals surface area contributed by atoms with Crippen molar-refractivity contribution in [2.75, 3.05) is 0 Å². The van der Waals surface area contributed by atoms with Crippen LogP contribution >= 0.6 is 0 Å². The average Bonchev–Trinajstić information content (AvgIpc) is 2.84. The molecule has 0 N–H and O–H groups in total. The molecule has 0 saturated heterocycles. The van der Waals surface area contributed by atoms with Gasteiger partial charge < -0.3 is 4.79 Å². The predicted molar refractivity (Wildman–Crippen MR) is 81.2 cm³/mol. The van der Waals surface area contributed by atoms with E-state index in [0.717, 1.165) is 24.2 Å². The number of carbonyl (C=O) groups excluding carboxylic acids is 1. The summed E-state index contributed by atoms with van der Waals surface area (Å²) in [6.45, 7) is 2.47. The van der Waals surface area contributed by atoms with E-state index in [0.29, 0.717) is 11.3 Å². The largest absolute Gasteiger partial charge is 0.303 e. The highest BCUT2D eigenvalue weighted by molar-refractivity contribution is 5.54. The molecule has 4 aliphatic carbocycles. The molecule has 0 radical (unpaired) electrons. The van der Waals surface area contributed by atoms with E-state index in [2.05, 4.69) is 19.1 Å². The van der Waals surface area contributed by atoms with Gasteiger partial charge in [-0.15, -0.1) is 0 Å². The summed E-state index contributed by atoms with van der Waals surface area (Å²) in [6.07, 6.45) is 16.2. The van der Waals surface area contributed by atoms with Gasteiger partial charge in [0.25, 0.3) is 0 Å². The Bertz CT molecular complexity index is 486. The molecule has 1 unspecified atom stereocenters. The Hall–Kier alpha value is -0.850. The first-order valence-electron chi connectivity index (χ1n) is 8.52. The van der Waals surface area contributed by atoms with Crippen molar-refractivity contribution in [3.05, 3.63) is 23.3 Å². The Morgan fingerprint density at radius 2 is 2.10 bits per heavy atom. The van der Waals surface area contributed by atoms with Crippen molar-refractivity contribution in [1.29, 1.82) is 0 Å². The van der Waals surface area contributed by atoms with E-state index in [4.69, 9.17) is 0 Å². The second-order valence-electron chi connectivity index (χ2n) is 7.95. The number of hydrogen-bond acceptors (Lipinski definition) is 1. The molecule has 1 nitrogen and oxygen atoms in total. The number of rotatable bonds is 1. The van der Waals surface area contributed by atoms with Gasteiger partial charge in [0.1, 0.15) is 6.29 Å². The monoisotopic (exact) mass is 270 g/mol. The van der Waals surface area contributed by atoms with Gasteiger partial charge in [-0.05, 0) is 74.5 Å². The van der Waals surface area contributed by atoms with Crippen molar-refractivity contribution in [3.63, 3.8) is 0 Å². The number of fused-ring (bicyclic) bond motifs is 4. The first kappa shape index (κ1) is 12.9. The summed E-state index contributed by atoms with van der Waals surface area (Å²) < 4.78 is 0. The Balaban J connectivity index is 1.64. The smallest absolute Gasteiger partial charge is 0.123 e. The fourth-order valence-corrected chi connectivity index (χ4v) is 6.07. The van der Waals surface area contributed by atoms with Crippen LogP contribution in [0.1, 0.15) is 58.3 Å². The summed E-state index contributed by atoms with van der Waals surface area (Å²) in [7, 11) is 0. The van der Waals surface area contributed by atoms with Crippen LogP contribution in [-0.2, 0) is 4.79 Å². The molecule has 0 aromatic rings. The summed E-state index contributed by atoms with van der Waals surface area (Å²) in [5.41, 5.74) is 4.04. The van der Waals surface area contributed by atoms with Crippen molar-refractivity contribution >= 4 is 6.29 Å². The lowest BCUT2D eigenvalue weighted by atomic mass is 9.55. The SMILES string of the molecule is C[C@]12CC[C@@H]3C4=C(CC=CC4)CC[C@H]3[C@@H]1CC(C=O)C2. The molecule has 5 atom stereocenters. The van der Waals surface area contributed by atoms with E-state index in [1.807, 2.05) is 0 Å². The third-order valence-corrected chi connectivity index (χ3v) is 6.98. The third-order valence-electron chi connectivity index (χ3n) is 6.98. The van der Waals surface area contributed by atoms with E-state index < -0.39 is 0 Å². The second-order valence-corrected chi connectivity index (χ2v) is 7.95. The molecule has 0 amide bonds. The average molecular weight is 270 g/mol. The molecule has 0 aromatic heterocycles. The summed E-state index contributed by atoms with van der Waals surface area (Å²) in [5.74, 6) is 2.90. The quantitative estimate of drug-likeness (QED) is 0.499. The minimum Gasteiger partial charge on any atom is -0.303 e. The van der Waals surface area contributed by atoms with Crippen LogP contribution < -0.4 is 0 Å². The van der Waals surface area contributed by atoms with Crippen molar-refractivity contribution in [1.82, 2.24) is 0 Å². The first-order valence-corrected chi connectivity index (χ1v) is 8.52. The molecular formula is C19H26O. The molecule has 0 spiro atoms. The molecule has 108 valence electrons. The van der Waals surface area contributed by atoms with E-state index in [-0.39, 0.29) is 0 Å². The van der Waals surface area contributed by atoms with Crippen LogP contribution in [0.3, 0.4) is 0 Å². The van der Waals surface area contributed by atoms with Crippen LogP contribution in [0, 0.1) is 29.1 Å². The van der Waals surface area contributed by atoms with Crippen LogP contribution in [0.4, 0.5) is 0 Å². The normalized spacial score (nSPS) is 46.6. The lowest BCUT2D eigenvalue weighted by Gasteiger charge is -2.50. The van der Waals surface area contributed by atoms with Crippen LogP contribution in [0.2, 0.25) is 0 Å². The molecule has 1 heteroatoms. The molecule has 20 heavy (non-hydrogen) atoms. The lowest BCUT2D eigenvalue weighted by molar-refractivity contribution is -0.111. The van der Waals surface area contributed by atoms with Gasteiger partial charge in [0.05, 0.1) is 0 Å². The Kier molecular flexibility index (Phi) is 2.94. The highest BCUT2D eigenvalue weighted by atomic mass is 16.1. The first-order chi connectivity index (χ1) is 9.71. The van der Waals surface area contributed by atoms with Crippen molar-refractivity contribution in [3.8, 4) is 0 Å². The standard InChI is InChI=1S/C19H26O/c1-19-9-8-16-15-5-3-2-4-14(15)6-7-17(16)18(19)10-13(11-19)12-20/h2-3,12-13,16-18H,4-11H2,1H3/t13?,16-,17-,18+,19-/m1/s1. The van der Waals surface area contributed by atoms with Crippen LogP contribution in [0.5, 0.6) is 0 Å². The van der Waals surface area contributed by atoms with Crippen molar-refractivity contribution in [2.45, 2.75) is 58.3 Å². The zero-order chi connectivity index (χ0) is 13.7. The summed E-state index contributed by atoms with van der Waals surface area (Å²) in [5, 5.41) is 0. The Morgan fingerprint density at radius 3 is 2.95 bits per heavy atom. The Morgan fingerprint density at radius 1 is 1.25 bits per heavy atom. The van der Waals surface area contributed by atoms with E-state index >= 15 is 0 Å². The van der Waals surface area contributed by atoms with Gasteiger partial charge in [0.2, 0.25) is 0 Å². The minimum absolute atomic E-state index is 0.352. The zero-order valence-corrected chi connectivity index (χ0v) is 12.6.